The summed E-state index contributed by atoms with van der Waals surface area (Å²) in [6.07, 6.45) is 10.0. The van der Waals surface area contributed by atoms with Crippen LogP contribution >= 0.6 is 0 Å². The molecule has 0 amide bonds. The first-order valence-electron chi connectivity index (χ1n) is 10.2. The van der Waals surface area contributed by atoms with Gasteiger partial charge in [-0.3, -0.25) is 4.90 Å². The number of allylic oxidation sites excluding steroid dienone is 1. The van der Waals surface area contributed by atoms with E-state index in [4.69, 9.17) is 0 Å². The second-order valence-electron chi connectivity index (χ2n) is 7.68. The summed E-state index contributed by atoms with van der Waals surface area (Å²) in [6.45, 7) is 3.69. The summed E-state index contributed by atoms with van der Waals surface area (Å²) in [5.41, 5.74) is 3.15. The standard InChI is InChI=1S/C23H28N2O2S/c26-28(27,23-13-7-11-20-9-3-4-12-22(20)23)24-15-5-6-16-25-17-14-19-8-1-2-10-21(19)18-25/h2-4,7,9-13,24H,1,5-6,8,14-18H2. The maximum Gasteiger partial charge on any atom is 0.241 e. The van der Waals surface area contributed by atoms with Gasteiger partial charge in [0.05, 0.1) is 4.90 Å². The SMILES string of the molecule is O=S(=O)(NCCCCN1CCC2=C(C=CCC2)C1)c1cccc2ccccc12. The normalized spacial score (nSPS) is 17.9. The van der Waals surface area contributed by atoms with Gasteiger partial charge < -0.3 is 0 Å². The first-order chi connectivity index (χ1) is 13.6. The van der Waals surface area contributed by atoms with Crippen LogP contribution in [0.4, 0.5) is 0 Å². The van der Waals surface area contributed by atoms with Gasteiger partial charge in [-0.15, -0.1) is 0 Å². The molecule has 2 aromatic rings. The maximum atomic E-state index is 12.7. The van der Waals surface area contributed by atoms with Gasteiger partial charge in [-0.05, 0) is 55.7 Å². The van der Waals surface area contributed by atoms with Crippen molar-refractivity contribution in [2.24, 2.45) is 0 Å². The molecule has 0 atom stereocenters. The average Bonchev–Trinajstić information content (AvgIpc) is 2.73. The molecule has 0 saturated carbocycles. The van der Waals surface area contributed by atoms with Crippen LogP contribution in [0, 0.1) is 0 Å². The molecule has 1 heterocycles. The smallest absolute Gasteiger partial charge is 0.241 e. The van der Waals surface area contributed by atoms with E-state index >= 15 is 0 Å². The Morgan fingerprint density at radius 2 is 1.86 bits per heavy atom. The van der Waals surface area contributed by atoms with Gasteiger partial charge in [0.25, 0.3) is 0 Å². The lowest BCUT2D eigenvalue weighted by Gasteiger charge is -2.31. The largest absolute Gasteiger partial charge is 0.299 e. The molecule has 0 aromatic heterocycles. The Kier molecular flexibility index (Phi) is 5.95. The van der Waals surface area contributed by atoms with Crippen LogP contribution in [0.15, 0.2) is 70.7 Å². The number of fused-ring (bicyclic) bond motifs is 1. The predicted molar refractivity (Wildman–Crippen MR) is 115 cm³/mol. The van der Waals surface area contributed by atoms with Crippen LogP contribution in [0.5, 0.6) is 0 Å². The molecule has 0 radical (unpaired) electrons. The topological polar surface area (TPSA) is 49.4 Å². The third-order valence-corrected chi connectivity index (χ3v) is 7.26. The van der Waals surface area contributed by atoms with E-state index in [1.807, 2.05) is 30.3 Å². The molecule has 0 bridgehead atoms. The molecule has 28 heavy (non-hydrogen) atoms. The van der Waals surface area contributed by atoms with Crippen molar-refractivity contribution in [3.8, 4) is 0 Å². The van der Waals surface area contributed by atoms with Crippen molar-refractivity contribution < 1.29 is 8.42 Å². The summed E-state index contributed by atoms with van der Waals surface area (Å²) < 4.78 is 28.3. The number of nitrogens with zero attached hydrogens (tertiary/aromatic N) is 1. The lowest BCUT2D eigenvalue weighted by Crippen LogP contribution is -2.33. The number of unbranched alkanes of at least 4 members (excludes halogenated alkanes) is 1. The maximum absolute atomic E-state index is 12.7. The van der Waals surface area contributed by atoms with Crippen LogP contribution in [-0.4, -0.2) is 39.5 Å². The van der Waals surface area contributed by atoms with E-state index in [1.54, 1.807) is 17.7 Å². The van der Waals surface area contributed by atoms with E-state index in [-0.39, 0.29) is 0 Å². The summed E-state index contributed by atoms with van der Waals surface area (Å²) in [7, 11) is -3.49. The van der Waals surface area contributed by atoms with Crippen molar-refractivity contribution in [2.75, 3.05) is 26.2 Å². The van der Waals surface area contributed by atoms with Crippen LogP contribution in [0.25, 0.3) is 10.8 Å². The zero-order valence-electron chi connectivity index (χ0n) is 16.2. The van der Waals surface area contributed by atoms with Crippen molar-refractivity contribution in [3.63, 3.8) is 0 Å². The van der Waals surface area contributed by atoms with Gasteiger partial charge >= 0.3 is 0 Å². The number of sulfonamides is 1. The minimum absolute atomic E-state index is 0.366. The fraction of sp³-hybridized carbons (Fsp3) is 0.391. The van der Waals surface area contributed by atoms with Gasteiger partial charge in [0, 0.05) is 25.0 Å². The molecular formula is C23H28N2O2S. The lowest BCUT2D eigenvalue weighted by molar-refractivity contribution is 0.279. The predicted octanol–water partition coefficient (Wildman–Crippen LogP) is 4.25. The summed E-state index contributed by atoms with van der Waals surface area (Å²) >= 11 is 0. The molecule has 0 saturated heterocycles. The summed E-state index contributed by atoms with van der Waals surface area (Å²) in [5.74, 6) is 0. The monoisotopic (exact) mass is 396 g/mol. The van der Waals surface area contributed by atoms with Crippen molar-refractivity contribution in [2.45, 2.75) is 37.0 Å². The van der Waals surface area contributed by atoms with Gasteiger partial charge in [-0.1, -0.05) is 54.1 Å². The first-order valence-corrected chi connectivity index (χ1v) is 11.7. The number of hydrogen-bond acceptors (Lipinski definition) is 3. The molecule has 4 rings (SSSR count). The van der Waals surface area contributed by atoms with E-state index in [2.05, 4.69) is 21.8 Å². The fourth-order valence-corrected chi connectivity index (χ4v) is 5.49. The van der Waals surface area contributed by atoms with Gasteiger partial charge in [0.2, 0.25) is 10.0 Å². The molecule has 1 aliphatic heterocycles. The number of benzene rings is 2. The fourth-order valence-electron chi connectivity index (χ4n) is 4.19. The van der Waals surface area contributed by atoms with Crippen LogP contribution in [0.3, 0.4) is 0 Å². The van der Waals surface area contributed by atoms with Crippen LogP contribution in [0.2, 0.25) is 0 Å². The molecule has 2 aromatic carbocycles. The molecule has 0 spiro atoms. The molecule has 4 nitrogen and oxygen atoms in total. The Hall–Kier alpha value is -1.95. The summed E-state index contributed by atoms with van der Waals surface area (Å²) in [6, 6.07) is 13.0. The van der Waals surface area contributed by atoms with E-state index in [0.29, 0.717) is 11.4 Å². The molecule has 0 unspecified atom stereocenters. The molecule has 1 aliphatic carbocycles. The van der Waals surface area contributed by atoms with Gasteiger partial charge in [0.1, 0.15) is 0 Å². The van der Waals surface area contributed by atoms with Crippen molar-refractivity contribution >= 4 is 20.8 Å². The highest BCUT2D eigenvalue weighted by Crippen LogP contribution is 2.27. The average molecular weight is 397 g/mol. The van der Waals surface area contributed by atoms with Crippen LogP contribution in [-0.2, 0) is 10.0 Å². The number of rotatable bonds is 7. The Morgan fingerprint density at radius 3 is 2.79 bits per heavy atom. The first kappa shape index (κ1) is 19.4. The number of nitrogens with one attached hydrogen (secondary N) is 1. The third-order valence-electron chi connectivity index (χ3n) is 5.74. The van der Waals surface area contributed by atoms with Gasteiger partial charge in [0.15, 0.2) is 0 Å². The Bertz CT molecular complexity index is 1000. The van der Waals surface area contributed by atoms with E-state index in [1.165, 1.54) is 24.8 Å². The second kappa shape index (κ2) is 8.60. The molecule has 1 N–H and O–H groups in total. The molecule has 2 aliphatic rings. The number of hydrogen-bond donors (Lipinski definition) is 1. The quantitative estimate of drug-likeness (QED) is 0.712. The highest BCUT2D eigenvalue weighted by molar-refractivity contribution is 7.89. The van der Waals surface area contributed by atoms with Crippen molar-refractivity contribution in [1.29, 1.82) is 0 Å². The second-order valence-corrected chi connectivity index (χ2v) is 9.41. The van der Waals surface area contributed by atoms with Crippen molar-refractivity contribution in [1.82, 2.24) is 9.62 Å². The van der Waals surface area contributed by atoms with Crippen molar-refractivity contribution in [3.05, 3.63) is 65.8 Å². The molecule has 0 fully saturated rings. The zero-order chi connectivity index (χ0) is 19.4. The van der Waals surface area contributed by atoms with Gasteiger partial charge in [-0.2, -0.15) is 0 Å². The van der Waals surface area contributed by atoms with E-state index < -0.39 is 10.0 Å². The molecule has 5 heteroatoms. The summed E-state index contributed by atoms with van der Waals surface area (Å²) in [5, 5.41) is 1.72. The third kappa shape index (κ3) is 4.37. The Labute approximate surface area is 168 Å². The van der Waals surface area contributed by atoms with E-state index in [0.717, 1.165) is 43.2 Å². The highest BCUT2D eigenvalue weighted by atomic mass is 32.2. The van der Waals surface area contributed by atoms with Crippen LogP contribution < -0.4 is 4.72 Å². The van der Waals surface area contributed by atoms with E-state index in [9.17, 15) is 8.42 Å². The Balaban J connectivity index is 1.27. The van der Waals surface area contributed by atoms with Crippen LogP contribution in [0.1, 0.15) is 32.1 Å². The summed E-state index contributed by atoms with van der Waals surface area (Å²) in [4.78, 5) is 2.86. The highest BCUT2D eigenvalue weighted by Gasteiger charge is 2.19. The minimum Gasteiger partial charge on any atom is -0.299 e. The zero-order valence-corrected chi connectivity index (χ0v) is 17.0. The molecular weight excluding hydrogens is 368 g/mol. The minimum atomic E-state index is -3.49. The Morgan fingerprint density at radius 1 is 1.00 bits per heavy atom. The van der Waals surface area contributed by atoms with Gasteiger partial charge in [-0.25, -0.2) is 13.1 Å². The lowest BCUT2D eigenvalue weighted by atomic mass is 9.92. The molecule has 148 valence electrons.